The van der Waals surface area contributed by atoms with Crippen LogP contribution in [0.2, 0.25) is 0 Å². The molecule has 0 aromatic heterocycles. The Balaban J connectivity index is 4.33. The van der Waals surface area contributed by atoms with Crippen LogP contribution in [0, 0.1) is 0 Å². The number of nitrogens with zero attached hydrogens (tertiary/aromatic N) is 1. The zero-order valence-corrected chi connectivity index (χ0v) is 36.9. The Hall–Kier alpha value is -1.25. The molecule has 0 heterocycles. The van der Waals surface area contributed by atoms with Gasteiger partial charge < -0.3 is 18.9 Å². The van der Waals surface area contributed by atoms with Crippen LogP contribution in [0.1, 0.15) is 206 Å². The second-order valence-electron chi connectivity index (χ2n) is 16.4. The lowest BCUT2D eigenvalue weighted by Gasteiger charge is -2.24. The fourth-order valence-electron chi connectivity index (χ4n) is 6.24. The molecule has 54 heavy (non-hydrogen) atoms. The normalized spacial score (nSPS) is 13.7. The molecule has 1 N–H and O–H groups in total. The highest BCUT2D eigenvalue weighted by Crippen LogP contribution is 2.43. The number of phosphoric ester groups is 1. The van der Waals surface area contributed by atoms with E-state index in [4.69, 9.17) is 18.5 Å². The second-order valence-corrected chi connectivity index (χ2v) is 17.9. The van der Waals surface area contributed by atoms with Crippen LogP contribution in [0.4, 0.5) is 0 Å². The molecule has 1 unspecified atom stereocenters. The fourth-order valence-corrected chi connectivity index (χ4v) is 6.99. The van der Waals surface area contributed by atoms with Gasteiger partial charge in [0, 0.05) is 12.8 Å². The van der Waals surface area contributed by atoms with Crippen molar-refractivity contribution in [2.24, 2.45) is 0 Å². The van der Waals surface area contributed by atoms with Crippen LogP contribution in [-0.4, -0.2) is 74.9 Å². The van der Waals surface area contributed by atoms with Crippen molar-refractivity contribution in [1.82, 2.24) is 0 Å². The summed E-state index contributed by atoms with van der Waals surface area (Å²) in [6.07, 6.45) is 38.2. The third kappa shape index (κ3) is 40.4. The number of esters is 2. The van der Waals surface area contributed by atoms with Crippen LogP contribution >= 0.6 is 7.82 Å². The summed E-state index contributed by atoms with van der Waals surface area (Å²) < 4.78 is 34.3. The molecule has 0 amide bonds. The molecule has 320 valence electrons. The summed E-state index contributed by atoms with van der Waals surface area (Å²) in [5.74, 6) is -0.798. The molecule has 0 aliphatic rings. The van der Waals surface area contributed by atoms with E-state index < -0.39 is 26.5 Å². The van der Waals surface area contributed by atoms with Crippen LogP contribution in [0.5, 0.6) is 0 Å². The van der Waals surface area contributed by atoms with Crippen molar-refractivity contribution >= 4 is 19.8 Å². The van der Waals surface area contributed by atoms with E-state index in [0.29, 0.717) is 17.4 Å². The van der Waals surface area contributed by atoms with Crippen molar-refractivity contribution in [2.45, 2.75) is 213 Å². The van der Waals surface area contributed by atoms with Crippen molar-refractivity contribution in [1.29, 1.82) is 0 Å². The maximum absolute atomic E-state index is 12.7. The highest BCUT2D eigenvalue weighted by Gasteiger charge is 2.27. The summed E-state index contributed by atoms with van der Waals surface area (Å²) in [7, 11) is 1.48. The quantitative estimate of drug-likeness (QED) is 0.0214. The Morgan fingerprint density at radius 3 is 1.37 bits per heavy atom. The average Bonchev–Trinajstić information content (AvgIpc) is 3.12. The van der Waals surface area contributed by atoms with Crippen LogP contribution in [0.15, 0.2) is 12.2 Å². The molecule has 0 aromatic carbocycles. The molecule has 10 heteroatoms. The van der Waals surface area contributed by atoms with Gasteiger partial charge in [-0.15, -0.1) is 0 Å². The van der Waals surface area contributed by atoms with Gasteiger partial charge in [-0.2, -0.15) is 0 Å². The Kier molecular flexibility index (Phi) is 36.5. The number of allylic oxidation sites excluding steroid dienone is 2. The van der Waals surface area contributed by atoms with Crippen molar-refractivity contribution < 1.29 is 42.1 Å². The molecule has 0 aliphatic carbocycles. The summed E-state index contributed by atoms with van der Waals surface area (Å²) in [5, 5.41) is 0. The predicted octanol–water partition coefficient (Wildman–Crippen LogP) is 12.6. The minimum absolute atomic E-state index is 0.0336. The van der Waals surface area contributed by atoms with Crippen molar-refractivity contribution in [3.05, 3.63) is 12.2 Å². The Morgan fingerprint density at radius 2 is 0.944 bits per heavy atom. The van der Waals surface area contributed by atoms with Gasteiger partial charge in [0.25, 0.3) is 0 Å². The van der Waals surface area contributed by atoms with E-state index in [-0.39, 0.29) is 32.0 Å². The van der Waals surface area contributed by atoms with Crippen molar-refractivity contribution in [3.63, 3.8) is 0 Å². The zero-order valence-electron chi connectivity index (χ0n) is 36.0. The van der Waals surface area contributed by atoms with E-state index in [1.807, 2.05) is 21.1 Å². The van der Waals surface area contributed by atoms with Gasteiger partial charge in [0.05, 0.1) is 27.7 Å². The SMILES string of the molecule is CCCCCCC/C=C\CCCCCCCC(=O)OC[C@H](COP(=O)(O)OCC[N+](C)(C)C)OC(=O)CCCCCCCCCCCCCCCCCC. The lowest BCUT2D eigenvalue weighted by molar-refractivity contribution is -0.870. The van der Waals surface area contributed by atoms with E-state index >= 15 is 0 Å². The molecule has 2 atom stereocenters. The zero-order chi connectivity index (χ0) is 40.0. The predicted molar refractivity (Wildman–Crippen MR) is 224 cm³/mol. The molecule has 0 radical (unpaired) electrons. The highest BCUT2D eigenvalue weighted by molar-refractivity contribution is 7.47. The van der Waals surface area contributed by atoms with E-state index in [9.17, 15) is 19.0 Å². The Morgan fingerprint density at radius 1 is 0.556 bits per heavy atom. The number of quaternary nitrogens is 1. The van der Waals surface area contributed by atoms with Crippen molar-refractivity contribution in [2.75, 3.05) is 47.5 Å². The summed E-state index contributed by atoms with van der Waals surface area (Å²) in [4.78, 5) is 35.3. The van der Waals surface area contributed by atoms with E-state index in [2.05, 4.69) is 26.0 Å². The molecule has 0 aliphatic heterocycles. The third-order valence-electron chi connectivity index (χ3n) is 9.80. The smallest absolute Gasteiger partial charge is 0.462 e. The first-order valence-electron chi connectivity index (χ1n) is 22.4. The minimum Gasteiger partial charge on any atom is -0.462 e. The number of phosphoric acid groups is 1. The molecule has 0 rings (SSSR count). The lowest BCUT2D eigenvalue weighted by Crippen LogP contribution is -2.37. The van der Waals surface area contributed by atoms with Gasteiger partial charge in [-0.1, -0.05) is 167 Å². The summed E-state index contributed by atoms with van der Waals surface area (Å²) >= 11 is 0. The third-order valence-corrected chi connectivity index (χ3v) is 10.8. The van der Waals surface area contributed by atoms with Gasteiger partial charge in [-0.25, -0.2) is 4.57 Å². The molecule has 0 saturated carbocycles. The summed E-state index contributed by atoms with van der Waals surface area (Å²) in [6.45, 7) is 4.43. The van der Waals surface area contributed by atoms with Gasteiger partial charge in [-0.05, 0) is 38.5 Å². The number of carbonyl (C=O) groups is 2. The largest absolute Gasteiger partial charge is 0.472 e. The second kappa shape index (κ2) is 37.3. The number of rotatable bonds is 41. The maximum Gasteiger partial charge on any atom is 0.472 e. The van der Waals surface area contributed by atoms with Crippen molar-refractivity contribution in [3.8, 4) is 0 Å². The highest BCUT2D eigenvalue weighted by atomic mass is 31.2. The lowest BCUT2D eigenvalue weighted by atomic mass is 10.0. The first-order chi connectivity index (χ1) is 26.0. The van der Waals surface area contributed by atoms with E-state index in [1.54, 1.807) is 0 Å². The molecule has 0 aromatic rings. The number of hydrogen-bond donors (Lipinski definition) is 1. The Bertz CT molecular complexity index is 938. The maximum atomic E-state index is 12.7. The van der Waals surface area contributed by atoms with Crippen LogP contribution in [-0.2, 0) is 32.7 Å². The van der Waals surface area contributed by atoms with Gasteiger partial charge in [-0.3, -0.25) is 18.6 Å². The van der Waals surface area contributed by atoms with Gasteiger partial charge in [0.1, 0.15) is 19.8 Å². The van der Waals surface area contributed by atoms with Crippen LogP contribution < -0.4 is 0 Å². The molecule has 0 bridgehead atoms. The Labute approximate surface area is 333 Å². The van der Waals surface area contributed by atoms with E-state index in [0.717, 1.165) is 51.4 Å². The van der Waals surface area contributed by atoms with E-state index in [1.165, 1.54) is 122 Å². The molecule has 0 fully saturated rings. The molecule has 9 nitrogen and oxygen atoms in total. The fraction of sp³-hybridized carbons (Fsp3) is 0.909. The number of unbranched alkanes of at least 4 members (excludes halogenated alkanes) is 25. The van der Waals surface area contributed by atoms with Crippen LogP contribution in [0.25, 0.3) is 0 Å². The summed E-state index contributed by atoms with van der Waals surface area (Å²) in [6, 6.07) is 0. The van der Waals surface area contributed by atoms with Gasteiger partial charge in [0.15, 0.2) is 6.10 Å². The average molecular weight is 789 g/mol. The number of ether oxygens (including phenoxy) is 2. The molecule has 0 saturated heterocycles. The first-order valence-corrected chi connectivity index (χ1v) is 23.9. The van der Waals surface area contributed by atoms with Gasteiger partial charge in [0.2, 0.25) is 0 Å². The standard InChI is InChI=1S/C44H86NO8P/c1-6-8-10-12-14-16-18-20-22-23-25-27-29-31-33-35-37-44(47)53-42(41-52-54(48,49)51-39-38-45(3,4)5)40-50-43(46)36-34-32-30-28-26-24-21-19-17-15-13-11-9-7-2/h19,21,42H,6-18,20,22-41H2,1-5H3/p+1/b21-19-/t42-/m1/s1. The minimum atomic E-state index is -4.37. The number of hydrogen-bond acceptors (Lipinski definition) is 7. The van der Waals surface area contributed by atoms with Gasteiger partial charge >= 0.3 is 19.8 Å². The summed E-state index contributed by atoms with van der Waals surface area (Å²) in [5.41, 5.74) is 0. The number of carbonyl (C=O) groups excluding carboxylic acids is 2. The molecule has 0 spiro atoms. The van der Waals surface area contributed by atoms with Crippen LogP contribution in [0.3, 0.4) is 0 Å². The molecular formula is C44H87NO8P+. The number of likely N-dealkylation sites (N-methyl/N-ethyl adjacent to an activating group) is 1. The molecular weight excluding hydrogens is 701 g/mol. The first kappa shape index (κ1) is 52.8. The monoisotopic (exact) mass is 789 g/mol. The topological polar surface area (TPSA) is 108 Å².